The number of nitrogens with two attached hydrogens (primary N) is 2. The van der Waals surface area contributed by atoms with Gasteiger partial charge in [0.15, 0.2) is 0 Å². The Bertz CT molecular complexity index is 80.9. The average Bonchev–Trinajstić information content (AvgIpc) is 2.16. The molecule has 0 aromatic heterocycles. The van der Waals surface area contributed by atoms with Gasteiger partial charge in [-0.15, -0.1) is 0 Å². The van der Waals surface area contributed by atoms with Gasteiger partial charge < -0.3 is 16.3 Å². The highest BCUT2D eigenvalue weighted by Crippen LogP contribution is 1.96. The van der Waals surface area contributed by atoms with E-state index in [4.69, 9.17) is 16.3 Å². The van der Waals surface area contributed by atoms with Gasteiger partial charge in [-0.3, -0.25) is 0 Å². The first-order valence-corrected chi connectivity index (χ1v) is 5.16. The summed E-state index contributed by atoms with van der Waals surface area (Å²) in [6.07, 6.45) is 5.66. The van der Waals surface area contributed by atoms with E-state index in [2.05, 4.69) is 5.48 Å². The van der Waals surface area contributed by atoms with Gasteiger partial charge in [-0.25, -0.2) is 5.48 Å². The molecular weight excluding hydrogens is 166 g/mol. The third-order valence-corrected chi connectivity index (χ3v) is 1.79. The van der Waals surface area contributed by atoms with Crippen molar-refractivity contribution in [3.63, 3.8) is 0 Å². The van der Waals surface area contributed by atoms with Crippen molar-refractivity contribution in [1.29, 1.82) is 0 Å². The highest BCUT2D eigenvalue weighted by atomic mass is 16.6. The first-order valence-electron chi connectivity index (χ1n) is 5.16. The number of hydrogen-bond donors (Lipinski definition) is 3. The molecule has 4 heteroatoms. The van der Waals surface area contributed by atoms with Gasteiger partial charge in [0.25, 0.3) is 0 Å². The Hall–Kier alpha value is -0.160. The van der Waals surface area contributed by atoms with Gasteiger partial charge >= 0.3 is 0 Å². The van der Waals surface area contributed by atoms with E-state index in [1.54, 1.807) is 0 Å². The lowest BCUT2D eigenvalue weighted by Crippen LogP contribution is -2.18. The molecule has 0 saturated heterocycles. The van der Waals surface area contributed by atoms with Crippen molar-refractivity contribution in [2.45, 2.75) is 32.1 Å². The van der Waals surface area contributed by atoms with Gasteiger partial charge in [0.2, 0.25) is 0 Å². The van der Waals surface area contributed by atoms with Gasteiger partial charge in [0, 0.05) is 6.54 Å². The molecule has 5 N–H and O–H groups in total. The summed E-state index contributed by atoms with van der Waals surface area (Å²) >= 11 is 0. The van der Waals surface area contributed by atoms with Gasteiger partial charge in [-0.1, -0.05) is 12.8 Å². The SMILES string of the molecule is NCCCCCCNOCCCN. The van der Waals surface area contributed by atoms with Gasteiger partial charge in [-0.05, 0) is 32.4 Å². The van der Waals surface area contributed by atoms with Crippen LogP contribution in [0.1, 0.15) is 32.1 Å². The lowest BCUT2D eigenvalue weighted by molar-refractivity contribution is 0.0398. The van der Waals surface area contributed by atoms with Crippen LogP contribution in [-0.2, 0) is 4.84 Å². The van der Waals surface area contributed by atoms with Crippen LogP contribution in [0.4, 0.5) is 0 Å². The summed E-state index contributed by atoms with van der Waals surface area (Å²) in [5, 5.41) is 0. The molecule has 0 aliphatic heterocycles. The van der Waals surface area contributed by atoms with Crippen LogP contribution in [0.2, 0.25) is 0 Å². The van der Waals surface area contributed by atoms with Crippen molar-refractivity contribution in [3.05, 3.63) is 0 Å². The smallest absolute Gasteiger partial charge is 0.0694 e. The maximum Gasteiger partial charge on any atom is 0.0694 e. The van der Waals surface area contributed by atoms with E-state index in [9.17, 15) is 0 Å². The molecule has 0 unspecified atom stereocenters. The van der Waals surface area contributed by atoms with Crippen LogP contribution in [0.5, 0.6) is 0 Å². The molecule has 0 fully saturated rings. The van der Waals surface area contributed by atoms with E-state index in [-0.39, 0.29) is 0 Å². The predicted molar refractivity (Wildman–Crippen MR) is 55.1 cm³/mol. The topological polar surface area (TPSA) is 73.3 Å². The Labute approximate surface area is 81.0 Å². The molecule has 0 aliphatic carbocycles. The van der Waals surface area contributed by atoms with Crippen LogP contribution in [-0.4, -0.2) is 26.2 Å². The summed E-state index contributed by atoms with van der Waals surface area (Å²) < 4.78 is 0. The monoisotopic (exact) mass is 189 g/mol. The van der Waals surface area contributed by atoms with Crippen LogP contribution in [0, 0.1) is 0 Å². The molecule has 0 heterocycles. The second kappa shape index (κ2) is 11.8. The van der Waals surface area contributed by atoms with Crippen LogP contribution in [0.25, 0.3) is 0 Å². The lowest BCUT2D eigenvalue weighted by Gasteiger charge is -2.04. The van der Waals surface area contributed by atoms with Crippen molar-refractivity contribution in [2.24, 2.45) is 11.5 Å². The maximum atomic E-state index is 5.37. The zero-order valence-electron chi connectivity index (χ0n) is 8.43. The Morgan fingerprint density at radius 3 is 2.23 bits per heavy atom. The third kappa shape index (κ3) is 11.8. The zero-order chi connectivity index (χ0) is 9.78. The quantitative estimate of drug-likeness (QED) is 0.343. The summed E-state index contributed by atoms with van der Waals surface area (Å²) in [6.45, 7) is 3.13. The predicted octanol–water partition coefficient (Wildman–Crippen LogP) is 0.376. The van der Waals surface area contributed by atoms with Gasteiger partial charge in [0.1, 0.15) is 0 Å². The largest absolute Gasteiger partial charge is 0.330 e. The molecule has 80 valence electrons. The van der Waals surface area contributed by atoms with Crippen LogP contribution < -0.4 is 16.9 Å². The molecule has 0 amide bonds. The molecule has 0 bridgehead atoms. The minimum atomic E-state index is 0.693. The first-order chi connectivity index (χ1) is 6.41. The second-order valence-corrected chi connectivity index (χ2v) is 3.09. The second-order valence-electron chi connectivity index (χ2n) is 3.09. The van der Waals surface area contributed by atoms with Crippen molar-refractivity contribution in [3.8, 4) is 0 Å². The standard InChI is InChI=1S/C9H23N3O/c10-6-3-1-2-4-8-12-13-9-5-7-11/h12H,1-11H2. The van der Waals surface area contributed by atoms with E-state index in [1.807, 2.05) is 0 Å². The number of rotatable bonds is 10. The number of unbranched alkanes of at least 4 members (excludes halogenated alkanes) is 3. The van der Waals surface area contributed by atoms with Crippen LogP contribution >= 0.6 is 0 Å². The van der Waals surface area contributed by atoms with Crippen molar-refractivity contribution < 1.29 is 4.84 Å². The van der Waals surface area contributed by atoms with E-state index in [1.165, 1.54) is 12.8 Å². The highest BCUT2D eigenvalue weighted by Gasteiger charge is 1.89. The molecule has 0 aromatic rings. The average molecular weight is 189 g/mol. The Morgan fingerprint density at radius 2 is 1.54 bits per heavy atom. The number of hydroxylamine groups is 1. The Kier molecular flexibility index (Phi) is 11.7. The zero-order valence-corrected chi connectivity index (χ0v) is 8.43. The Balaban J connectivity index is 2.76. The van der Waals surface area contributed by atoms with Crippen LogP contribution in [0.3, 0.4) is 0 Å². The van der Waals surface area contributed by atoms with Crippen molar-refractivity contribution in [1.82, 2.24) is 5.48 Å². The molecule has 0 atom stereocenters. The molecule has 0 saturated carbocycles. The summed E-state index contributed by atoms with van der Waals surface area (Å²) in [5.41, 5.74) is 13.6. The molecular formula is C9H23N3O. The summed E-state index contributed by atoms with van der Waals surface area (Å²) in [4.78, 5) is 5.13. The van der Waals surface area contributed by atoms with Crippen molar-refractivity contribution in [2.75, 3.05) is 26.2 Å². The number of hydrogen-bond acceptors (Lipinski definition) is 4. The van der Waals surface area contributed by atoms with Gasteiger partial charge in [-0.2, -0.15) is 0 Å². The summed E-state index contributed by atoms with van der Waals surface area (Å²) in [6, 6.07) is 0. The summed E-state index contributed by atoms with van der Waals surface area (Å²) in [5.74, 6) is 0. The van der Waals surface area contributed by atoms with E-state index < -0.39 is 0 Å². The fourth-order valence-corrected chi connectivity index (χ4v) is 0.995. The summed E-state index contributed by atoms with van der Waals surface area (Å²) in [7, 11) is 0. The number of nitrogens with one attached hydrogen (secondary N) is 1. The fraction of sp³-hybridized carbons (Fsp3) is 1.00. The molecule has 4 nitrogen and oxygen atoms in total. The lowest BCUT2D eigenvalue weighted by atomic mass is 10.2. The third-order valence-electron chi connectivity index (χ3n) is 1.79. The van der Waals surface area contributed by atoms with Crippen LogP contribution in [0.15, 0.2) is 0 Å². The highest BCUT2D eigenvalue weighted by molar-refractivity contribution is 4.44. The fourth-order valence-electron chi connectivity index (χ4n) is 0.995. The van der Waals surface area contributed by atoms with E-state index in [0.717, 1.165) is 32.4 Å². The minimum absolute atomic E-state index is 0.693. The first kappa shape index (κ1) is 12.8. The minimum Gasteiger partial charge on any atom is -0.330 e. The molecule has 0 aliphatic rings. The molecule has 0 radical (unpaired) electrons. The van der Waals surface area contributed by atoms with E-state index in [0.29, 0.717) is 13.2 Å². The molecule has 13 heavy (non-hydrogen) atoms. The van der Waals surface area contributed by atoms with Crippen molar-refractivity contribution >= 4 is 0 Å². The Morgan fingerprint density at radius 1 is 0.846 bits per heavy atom. The molecule has 0 spiro atoms. The normalized spacial score (nSPS) is 10.6. The maximum absolute atomic E-state index is 5.37. The van der Waals surface area contributed by atoms with E-state index >= 15 is 0 Å². The molecule has 0 rings (SSSR count). The molecule has 0 aromatic carbocycles. The van der Waals surface area contributed by atoms with Gasteiger partial charge in [0.05, 0.1) is 6.61 Å².